The van der Waals surface area contributed by atoms with Crippen LogP contribution in [0.4, 0.5) is 0 Å². The summed E-state index contributed by atoms with van der Waals surface area (Å²) in [5.41, 5.74) is 3.37. The Labute approximate surface area is 209 Å². The number of amides is 2. The normalized spacial score (nSPS) is 12.1. The van der Waals surface area contributed by atoms with Gasteiger partial charge in [0.05, 0.1) is 6.61 Å². The molecule has 6 nitrogen and oxygen atoms in total. The Hall–Kier alpha value is -3.29. The van der Waals surface area contributed by atoms with Crippen LogP contribution in [0.1, 0.15) is 19.4 Å². The molecule has 0 saturated heterocycles. The van der Waals surface area contributed by atoms with Crippen LogP contribution in [0.15, 0.2) is 77.7 Å². The van der Waals surface area contributed by atoms with E-state index in [4.69, 9.17) is 0 Å². The lowest BCUT2D eigenvalue weighted by molar-refractivity contribution is -0.136. The number of aliphatic hydroxyl groups is 1. The van der Waals surface area contributed by atoms with E-state index < -0.39 is 6.04 Å². The van der Waals surface area contributed by atoms with Crippen LogP contribution < -0.4 is 5.32 Å². The third kappa shape index (κ3) is 5.69. The summed E-state index contributed by atoms with van der Waals surface area (Å²) in [6.45, 7) is 4.89. The molecule has 0 spiro atoms. The Morgan fingerprint density at radius 1 is 1.00 bits per heavy atom. The van der Waals surface area contributed by atoms with E-state index in [0.29, 0.717) is 12.3 Å². The second kappa shape index (κ2) is 11.4. The molecule has 0 bridgehead atoms. The molecule has 1 aromatic heterocycles. The highest BCUT2D eigenvalue weighted by Crippen LogP contribution is 2.32. The first kappa shape index (κ1) is 24.8. The Balaban J connectivity index is 1.56. The standard InChI is InChI=1S/C28H31N3O3S/c1-3-31-26-12-8-7-11-23(26)24-17-22(13-14-27(24)31)35-19-25(29-20(2)33)28(34)30(15-16-32)18-21-9-5-4-6-10-21/h4-14,17,25,32H,3,15-16,18-19H2,1-2H3,(H,29,33). The zero-order valence-corrected chi connectivity index (χ0v) is 20.9. The number of aliphatic hydroxyl groups excluding tert-OH is 1. The van der Waals surface area contributed by atoms with E-state index in [1.165, 1.54) is 28.7 Å². The first-order valence-corrected chi connectivity index (χ1v) is 12.8. The quantitative estimate of drug-likeness (QED) is 0.323. The lowest BCUT2D eigenvalue weighted by Crippen LogP contribution is -2.49. The monoisotopic (exact) mass is 489 g/mol. The van der Waals surface area contributed by atoms with Gasteiger partial charge in [-0.3, -0.25) is 9.59 Å². The van der Waals surface area contributed by atoms with Gasteiger partial charge in [-0.15, -0.1) is 11.8 Å². The summed E-state index contributed by atoms with van der Waals surface area (Å²) in [7, 11) is 0. The van der Waals surface area contributed by atoms with Crippen molar-refractivity contribution in [1.82, 2.24) is 14.8 Å². The number of carbonyl (C=O) groups excluding carboxylic acids is 2. The zero-order chi connectivity index (χ0) is 24.8. The maximum Gasteiger partial charge on any atom is 0.246 e. The van der Waals surface area contributed by atoms with E-state index in [2.05, 4.69) is 59.3 Å². The van der Waals surface area contributed by atoms with Gasteiger partial charge in [0.1, 0.15) is 6.04 Å². The average molecular weight is 490 g/mol. The summed E-state index contributed by atoms with van der Waals surface area (Å²) in [6, 6.07) is 23.7. The second-order valence-corrected chi connectivity index (χ2v) is 9.57. The highest BCUT2D eigenvalue weighted by molar-refractivity contribution is 7.99. The molecule has 4 aromatic rings. The van der Waals surface area contributed by atoms with Crippen molar-refractivity contribution in [2.24, 2.45) is 0 Å². The maximum absolute atomic E-state index is 13.4. The molecule has 0 aliphatic rings. The molecule has 1 heterocycles. The number of benzene rings is 3. The second-order valence-electron chi connectivity index (χ2n) is 8.47. The minimum absolute atomic E-state index is 0.142. The lowest BCUT2D eigenvalue weighted by atomic mass is 10.1. The van der Waals surface area contributed by atoms with Crippen molar-refractivity contribution < 1.29 is 14.7 Å². The fraction of sp³-hybridized carbons (Fsp3) is 0.286. The molecule has 7 heteroatoms. The number of aryl methyl sites for hydroxylation is 1. The number of nitrogens with one attached hydrogen (secondary N) is 1. The smallest absolute Gasteiger partial charge is 0.246 e. The van der Waals surface area contributed by atoms with Gasteiger partial charge in [-0.2, -0.15) is 0 Å². The first-order valence-electron chi connectivity index (χ1n) is 11.9. The molecule has 0 radical (unpaired) electrons. The van der Waals surface area contributed by atoms with Crippen molar-refractivity contribution in [3.63, 3.8) is 0 Å². The Bertz CT molecular complexity index is 1320. The molecule has 2 N–H and O–H groups in total. The molecule has 0 saturated carbocycles. The molecule has 35 heavy (non-hydrogen) atoms. The van der Waals surface area contributed by atoms with Gasteiger partial charge in [0, 0.05) is 59.0 Å². The maximum atomic E-state index is 13.4. The SMILES string of the molecule is CCn1c2ccccc2c2cc(SCC(NC(C)=O)C(=O)N(CCO)Cc3ccccc3)ccc21. The third-order valence-corrected chi connectivity index (χ3v) is 7.14. The molecule has 1 atom stereocenters. The predicted octanol–water partition coefficient (Wildman–Crippen LogP) is 4.43. The summed E-state index contributed by atoms with van der Waals surface area (Å²) in [6.07, 6.45) is 0. The number of rotatable bonds is 10. The van der Waals surface area contributed by atoms with Gasteiger partial charge in [-0.25, -0.2) is 0 Å². The van der Waals surface area contributed by atoms with E-state index in [-0.39, 0.29) is 25.0 Å². The summed E-state index contributed by atoms with van der Waals surface area (Å²) in [5.74, 6) is -0.0593. The van der Waals surface area contributed by atoms with Gasteiger partial charge in [0.2, 0.25) is 11.8 Å². The largest absolute Gasteiger partial charge is 0.395 e. The summed E-state index contributed by atoms with van der Waals surface area (Å²) >= 11 is 1.55. The van der Waals surface area contributed by atoms with Gasteiger partial charge in [-0.05, 0) is 36.8 Å². The fourth-order valence-corrected chi connectivity index (χ4v) is 5.43. The van der Waals surface area contributed by atoms with Crippen LogP contribution in [0.2, 0.25) is 0 Å². The fourth-order valence-electron chi connectivity index (χ4n) is 4.47. The molecule has 0 fully saturated rings. The minimum atomic E-state index is -0.694. The Morgan fingerprint density at radius 3 is 2.43 bits per heavy atom. The van der Waals surface area contributed by atoms with Crippen LogP contribution >= 0.6 is 11.8 Å². The Kier molecular flexibility index (Phi) is 8.10. The number of aromatic nitrogens is 1. The number of hydrogen-bond acceptors (Lipinski definition) is 4. The highest BCUT2D eigenvalue weighted by atomic mass is 32.2. The molecule has 3 aromatic carbocycles. The summed E-state index contributed by atoms with van der Waals surface area (Å²) < 4.78 is 2.30. The minimum Gasteiger partial charge on any atom is -0.395 e. The molecular weight excluding hydrogens is 458 g/mol. The van der Waals surface area contributed by atoms with Gasteiger partial charge in [0.15, 0.2) is 0 Å². The van der Waals surface area contributed by atoms with Crippen LogP contribution in [-0.4, -0.2) is 51.3 Å². The predicted molar refractivity (Wildman–Crippen MR) is 142 cm³/mol. The van der Waals surface area contributed by atoms with Crippen LogP contribution in [0, 0.1) is 0 Å². The van der Waals surface area contributed by atoms with Crippen LogP contribution in [0.5, 0.6) is 0 Å². The molecule has 4 rings (SSSR count). The number of thioether (sulfide) groups is 1. The molecule has 2 amide bonds. The number of hydrogen-bond donors (Lipinski definition) is 2. The van der Waals surface area contributed by atoms with E-state index in [9.17, 15) is 14.7 Å². The number of fused-ring (bicyclic) bond motifs is 3. The van der Waals surface area contributed by atoms with Crippen molar-refractivity contribution in [2.75, 3.05) is 18.9 Å². The third-order valence-electron chi connectivity index (χ3n) is 6.05. The highest BCUT2D eigenvalue weighted by Gasteiger charge is 2.25. The molecule has 0 aliphatic carbocycles. The van der Waals surface area contributed by atoms with Crippen molar-refractivity contribution in [1.29, 1.82) is 0 Å². The number of para-hydroxylation sites is 1. The van der Waals surface area contributed by atoms with Crippen molar-refractivity contribution >= 4 is 45.4 Å². The van der Waals surface area contributed by atoms with Gasteiger partial charge >= 0.3 is 0 Å². The van der Waals surface area contributed by atoms with E-state index in [1.54, 1.807) is 16.7 Å². The van der Waals surface area contributed by atoms with Crippen LogP contribution in [-0.2, 0) is 22.7 Å². The van der Waals surface area contributed by atoms with Gasteiger partial charge in [0.25, 0.3) is 0 Å². The van der Waals surface area contributed by atoms with E-state index in [0.717, 1.165) is 17.0 Å². The molecular formula is C28H31N3O3S. The van der Waals surface area contributed by atoms with Crippen LogP contribution in [0.25, 0.3) is 21.8 Å². The molecule has 1 unspecified atom stereocenters. The Morgan fingerprint density at radius 2 is 1.71 bits per heavy atom. The van der Waals surface area contributed by atoms with Gasteiger partial charge < -0.3 is 19.9 Å². The molecule has 0 aliphatic heterocycles. The van der Waals surface area contributed by atoms with Crippen LogP contribution in [0.3, 0.4) is 0 Å². The van der Waals surface area contributed by atoms with Crippen molar-refractivity contribution in [3.8, 4) is 0 Å². The van der Waals surface area contributed by atoms with E-state index in [1.807, 2.05) is 30.3 Å². The first-order chi connectivity index (χ1) is 17.0. The molecule has 182 valence electrons. The zero-order valence-electron chi connectivity index (χ0n) is 20.1. The number of nitrogens with zero attached hydrogens (tertiary/aromatic N) is 2. The summed E-state index contributed by atoms with van der Waals surface area (Å²) in [4.78, 5) is 28.0. The van der Waals surface area contributed by atoms with Crippen molar-refractivity contribution in [2.45, 2.75) is 37.9 Å². The lowest BCUT2D eigenvalue weighted by Gasteiger charge is -2.27. The average Bonchev–Trinajstić information content (AvgIpc) is 3.19. The van der Waals surface area contributed by atoms with E-state index >= 15 is 0 Å². The number of carbonyl (C=O) groups is 2. The topological polar surface area (TPSA) is 74.6 Å². The van der Waals surface area contributed by atoms with Crippen molar-refractivity contribution in [3.05, 3.63) is 78.4 Å². The summed E-state index contributed by atoms with van der Waals surface area (Å²) in [5, 5.41) is 14.8. The van der Waals surface area contributed by atoms with Gasteiger partial charge in [-0.1, -0.05) is 48.5 Å².